The maximum atomic E-state index is 13.7. The fourth-order valence-corrected chi connectivity index (χ4v) is 4.62. The van der Waals surface area contributed by atoms with Crippen molar-refractivity contribution >= 4 is 17.7 Å². The fourth-order valence-electron chi connectivity index (χ4n) is 4.62. The number of dihydropyridines is 1. The van der Waals surface area contributed by atoms with E-state index in [9.17, 15) is 14.4 Å². The van der Waals surface area contributed by atoms with Crippen LogP contribution >= 0.6 is 0 Å². The van der Waals surface area contributed by atoms with Crippen LogP contribution in [0.4, 0.5) is 0 Å². The van der Waals surface area contributed by atoms with Crippen molar-refractivity contribution in [3.63, 3.8) is 0 Å². The molecule has 2 aliphatic rings. The first kappa shape index (κ1) is 25.5. The van der Waals surface area contributed by atoms with Crippen molar-refractivity contribution in [2.24, 2.45) is 11.8 Å². The maximum absolute atomic E-state index is 13.7. The predicted octanol–water partition coefficient (Wildman–Crippen LogP) is 3.28. The average Bonchev–Trinajstić information content (AvgIpc) is 2.82. The van der Waals surface area contributed by atoms with E-state index >= 15 is 0 Å². The Morgan fingerprint density at radius 3 is 2.59 bits per heavy atom. The van der Waals surface area contributed by atoms with Crippen LogP contribution in [0.1, 0.15) is 45.1 Å². The number of carbonyl (C=O) groups excluding carboxylic acids is 3. The number of allylic oxidation sites excluding steroid dienone is 3. The number of Topliss-reactive ketones (excluding diaryl/α,β-unsaturated/α-hetero) is 1. The Balaban J connectivity index is 2.04. The molecule has 0 fully saturated rings. The van der Waals surface area contributed by atoms with Gasteiger partial charge in [-0.25, -0.2) is 4.79 Å². The molecule has 0 aromatic heterocycles. The zero-order valence-electron chi connectivity index (χ0n) is 20.4. The molecule has 1 N–H and O–H groups in total. The SMILES string of the molecule is CCCOCCOC(=O)C1=C(C)NC2=C(C(=O)[C@H](C(=O)OC)[C@H](C)C2)[C@@H]1c1cccc(OC)c1. The van der Waals surface area contributed by atoms with Crippen LogP contribution < -0.4 is 10.1 Å². The molecule has 0 bridgehead atoms. The minimum Gasteiger partial charge on any atom is -0.497 e. The van der Waals surface area contributed by atoms with Gasteiger partial charge in [-0.15, -0.1) is 0 Å². The maximum Gasteiger partial charge on any atom is 0.336 e. The van der Waals surface area contributed by atoms with Gasteiger partial charge in [-0.2, -0.15) is 0 Å². The molecule has 1 aromatic carbocycles. The summed E-state index contributed by atoms with van der Waals surface area (Å²) in [6.07, 6.45) is 1.35. The van der Waals surface area contributed by atoms with E-state index in [-0.39, 0.29) is 24.9 Å². The molecule has 34 heavy (non-hydrogen) atoms. The third kappa shape index (κ3) is 5.17. The van der Waals surface area contributed by atoms with Crippen LogP contribution in [0.15, 0.2) is 46.8 Å². The molecular formula is C26H33NO7. The fraction of sp³-hybridized carbons (Fsp3) is 0.500. The molecule has 1 heterocycles. The van der Waals surface area contributed by atoms with Gasteiger partial charge in [0.25, 0.3) is 0 Å². The largest absolute Gasteiger partial charge is 0.497 e. The summed E-state index contributed by atoms with van der Waals surface area (Å²) in [7, 11) is 2.83. The van der Waals surface area contributed by atoms with Crippen molar-refractivity contribution in [2.75, 3.05) is 34.0 Å². The Morgan fingerprint density at radius 2 is 1.91 bits per heavy atom. The normalized spacial score (nSPS) is 22.1. The number of esters is 2. The molecule has 184 valence electrons. The first-order valence-electron chi connectivity index (χ1n) is 11.6. The van der Waals surface area contributed by atoms with Crippen LogP contribution in [0.3, 0.4) is 0 Å². The van der Waals surface area contributed by atoms with Crippen LogP contribution in [0.2, 0.25) is 0 Å². The highest BCUT2D eigenvalue weighted by molar-refractivity contribution is 6.12. The van der Waals surface area contributed by atoms with Gasteiger partial charge in [0.2, 0.25) is 0 Å². The van der Waals surface area contributed by atoms with Crippen molar-refractivity contribution in [1.82, 2.24) is 5.32 Å². The van der Waals surface area contributed by atoms with E-state index in [1.54, 1.807) is 32.2 Å². The van der Waals surface area contributed by atoms with E-state index < -0.39 is 23.8 Å². The Kier molecular flexibility index (Phi) is 8.50. The number of hydrogen-bond acceptors (Lipinski definition) is 8. The molecule has 1 aliphatic carbocycles. The highest BCUT2D eigenvalue weighted by Crippen LogP contribution is 2.45. The van der Waals surface area contributed by atoms with Crippen LogP contribution in [-0.2, 0) is 28.6 Å². The van der Waals surface area contributed by atoms with Gasteiger partial charge in [0.15, 0.2) is 5.78 Å². The Bertz CT molecular complexity index is 1010. The van der Waals surface area contributed by atoms with Gasteiger partial charge in [-0.1, -0.05) is 26.0 Å². The zero-order chi connectivity index (χ0) is 24.8. The number of rotatable bonds is 9. The third-order valence-electron chi connectivity index (χ3n) is 6.20. The van der Waals surface area contributed by atoms with Crippen molar-refractivity contribution in [3.05, 3.63) is 52.4 Å². The van der Waals surface area contributed by atoms with Gasteiger partial charge in [-0.05, 0) is 43.4 Å². The zero-order valence-corrected chi connectivity index (χ0v) is 20.4. The highest BCUT2D eigenvalue weighted by atomic mass is 16.6. The lowest BCUT2D eigenvalue weighted by molar-refractivity contribution is -0.151. The number of nitrogens with one attached hydrogen (secondary N) is 1. The summed E-state index contributed by atoms with van der Waals surface area (Å²) >= 11 is 0. The minimum atomic E-state index is -0.934. The molecule has 0 amide bonds. The molecule has 8 heteroatoms. The first-order chi connectivity index (χ1) is 16.3. The number of ether oxygens (including phenoxy) is 4. The van der Waals surface area contributed by atoms with Gasteiger partial charge in [0, 0.05) is 29.5 Å². The lowest BCUT2D eigenvalue weighted by atomic mass is 9.69. The van der Waals surface area contributed by atoms with Crippen molar-refractivity contribution in [2.45, 2.75) is 39.5 Å². The summed E-state index contributed by atoms with van der Waals surface area (Å²) in [5.74, 6) is -2.74. The van der Waals surface area contributed by atoms with Crippen LogP contribution in [0.25, 0.3) is 0 Å². The van der Waals surface area contributed by atoms with E-state index in [4.69, 9.17) is 18.9 Å². The second-order valence-corrected chi connectivity index (χ2v) is 8.56. The van der Waals surface area contributed by atoms with Gasteiger partial charge in [-0.3, -0.25) is 9.59 Å². The second kappa shape index (κ2) is 11.3. The topological polar surface area (TPSA) is 100 Å². The number of carbonyl (C=O) groups is 3. The Labute approximate surface area is 200 Å². The number of methoxy groups -OCH3 is 2. The van der Waals surface area contributed by atoms with Crippen molar-refractivity contribution in [3.8, 4) is 5.75 Å². The van der Waals surface area contributed by atoms with Crippen LogP contribution in [0, 0.1) is 11.8 Å². The lowest BCUT2D eigenvalue weighted by Crippen LogP contribution is -2.43. The summed E-state index contributed by atoms with van der Waals surface area (Å²) in [4.78, 5) is 39.4. The molecule has 1 aliphatic heterocycles. The monoisotopic (exact) mass is 471 g/mol. The molecule has 0 spiro atoms. The molecular weight excluding hydrogens is 438 g/mol. The molecule has 1 aromatic rings. The first-order valence-corrected chi connectivity index (χ1v) is 11.6. The van der Waals surface area contributed by atoms with Crippen LogP contribution in [-0.4, -0.2) is 51.8 Å². The second-order valence-electron chi connectivity index (χ2n) is 8.56. The summed E-state index contributed by atoms with van der Waals surface area (Å²) in [6.45, 7) is 6.63. The van der Waals surface area contributed by atoms with Gasteiger partial charge in [0.1, 0.15) is 18.3 Å². The van der Waals surface area contributed by atoms with E-state index in [1.165, 1.54) is 7.11 Å². The van der Waals surface area contributed by atoms with Gasteiger partial charge < -0.3 is 24.3 Å². The molecule has 8 nitrogen and oxygen atoms in total. The number of ketones is 1. The number of benzene rings is 1. The van der Waals surface area contributed by atoms with Crippen molar-refractivity contribution < 1.29 is 33.3 Å². The van der Waals surface area contributed by atoms with E-state index in [0.29, 0.717) is 46.9 Å². The smallest absolute Gasteiger partial charge is 0.336 e. The number of hydrogen-bond donors (Lipinski definition) is 1. The average molecular weight is 472 g/mol. The molecule has 0 radical (unpaired) electrons. The van der Waals surface area contributed by atoms with Crippen molar-refractivity contribution in [1.29, 1.82) is 0 Å². The van der Waals surface area contributed by atoms with Gasteiger partial charge in [0.05, 0.1) is 26.4 Å². The lowest BCUT2D eigenvalue weighted by Gasteiger charge is -2.38. The summed E-state index contributed by atoms with van der Waals surface area (Å²) in [5.41, 5.74) is 2.75. The third-order valence-corrected chi connectivity index (χ3v) is 6.20. The summed E-state index contributed by atoms with van der Waals surface area (Å²) in [6, 6.07) is 7.24. The summed E-state index contributed by atoms with van der Waals surface area (Å²) < 4.78 is 21.3. The Morgan fingerprint density at radius 1 is 1.15 bits per heavy atom. The predicted molar refractivity (Wildman–Crippen MR) is 125 cm³/mol. The van der Waals surface area contributed by atoms with E-state index in [1.807, 2.05) is 19.9 Å². The summed E-state index contributed by atoms with van der Waals surface area (Å²) in [5, 5.41) is 3.25. The molecule has 0 saturated carbocycles. The molecule has 3 rings (SSSR count). The van der Waals surface area contributed by atoms with Crippen LogP contribution in [0.5, 0.6) is 5.75 Å². The molecule has 0 saturated heterocycles. The standard InChI is InChI=1S/C26H33NO7/c1-6-10-33-11-12-34-26(30)21-16(3)27-19-13-15(2)20(25(29)32-5)24(28)23(19)22(21)17-8-7-9-18(14-17)31-4/h7-9,14-15,20,22,27H,6,10-13H2,1-5H3/t15-,20-,22-/m1/s1. The molecule has 0 unspecified atom stereocenters. The quantitative estimate of drug-likeness (QED) is 0.333. The Hall–Kier alpha value is -3.13. The minimum absolute atomic E-state index is 0.0993. The van der Waals surface area contributed by atoms with Gasteiger partial charge >= 0.3 is 11.9 Å². The highest BCUT2D eigenvalue weighted by Gasteiger charge is 2.47. The molecule has 3 atom stereocenters. The van der Waals surface area contributed by atoms with E-state index in [0.717, 1.165) is 6.42 Å². The van der Waals surface area contributed by atoms with E-state index in [2.05, 4.69) is 5.32 Å².